The van der Waals surface area contributed by atoms with Crippen LogP contribution in [-0.2, 0) is 31.2 Å². The maximum Gasteiger partial charge on any atom is 0.233 e. The lowest BCUT2D eigenvalue weighted by Gasteiger charge is -2.40. The average molecular weight is 933 g/mol. The maximum atomic E-state index is 11.9. The molecule has 0 radical (unpaired) electrons. The molecule has 3 aromatic heterocycles. The summed E-state index contributed by atoms with van der Waals surface area (Å²) >= 11 is 0. The molecule has 0 unspecified atom stereocenters. The van der Waals surface area contributed by atoms with Crippen molar-refractivity contribution < 1.29 is 9.53 Å². The lowest BCUT2D eigenvalue weighted by molar-refractivity contribution is -0.129. The molecule has 1 saturated carbocycles. The van der Waals surface area contributed by atoms with E-state index in [1.165, 1.54) is 91.5 Å². The Morgan fingerprint density at radius 3 is 2.35 bits per heavy atom. The van der Waals surface area contributed by atoms with Gasteiger partial charge in [-0.1, -0.05) is 19.3 Å². The molecular formula is C55H72N12O2. The second-order valence-corrected chi connectivity index (χ2v) is 21.2. The zero-order valence-electron chi connectivity index (χ0n) is 41.8. The molecule has 0 atom stereocenters. The lowest BCUT2D eigenvalue weighted by Crippen LogP contribution is -2.42. The number of ether oxygens (including phenoxy) is 1. The van der Waals surface area contributed by atoms with E-state index in [1.807, 2.05) is 35.0 Å². The first-order chi connectivity index (χ1) is 33.5. The van der Waals surface area contributed by atoms with Crippen molar-refractivity contribution in [3.63, 3.8) is 0 Å². The molecule has 1 spiro atoms. The van der Waals surface area contributed by atoms with Crippen molar-refractivity contribution in [3.05, 3.63) is 87.9 Å². The van der Waals surface area contributed by atoms with Crippen LogP contribution in [0.4, 0.5) is 23.0 Å². The van der Waals surface area contributed by atoms with Crippen molar-refractivity contribution in [3.8, 4) is 23.1 Å². The number of hydrogen-bond acceptors (Lipinski definition) is 11. The lowest BCUT2D eigenvalue weighted by atomic mass is 9.78. The number of H-pyrrole nitrogens is 1. The van der Waals surface area contributed by atoms with Crippen molar-refractivity contribution in [1.82, 2.24) is 40.0 Å². The van der Waals surface area contributed by atoms with Gasteiger partial charge in [0.25, 0.3) is 0 Å². The number of likely N-dealkylation sites (tertiary alicyclic amines) is 1. The van der Waals surface area contributed by atoms with Gasteiger partial charge in [0.1, 0.15) is 6.10 Å². The van der Waals surface area contributed by atoms with E-state index in [4.69, 9.17) is 4.74 Å². The Bertz CT molecular complexity index is 2640. The monoisotopic (exact) mass is 933 g/mol. The van der Waals surface area contributed by atoms with Gasteiger partial charge in [0.05, 0.1) is 24.4 Å². The van der Waals surface area contributed by atoms with Crippen molar-refractivity contribution in [2.24, 2.45) is 18.4 Å². The van der Waals surface area contributed by atoms with Crippen LogP contribution < -0.4 is 19.4 Å². The van der Waals surface area contributed by atoms with E-state index >= 15 is 0 Å². The molecule has 6 aliphatic rings. The third-order valence-corrected chi connectivity index (χ3v) is 16.7. The maximum absolute atomic E-state index is 11.9. The number of nitrogens with one attached hydrogen (secondary N) is 1. The number of nitriles is 1. The standard InChI is InChI=1S/C33H46N6O.C22H26N6O/c1-25-26(2)30(9-8-28(25)22-34)39-21-16-33(24-39)14-19-38(20-15-33)31-10-11-32(36-35-31)40-29-12-17-37(18-13-29)23-27-6-4-3-5-7-27;1-14-9-21-16(10-18(14)17-11-23-26(3)12-17)5-4-7-28(21)22-19-13-27(15(2)29)8-6-20(19)24-25-22/h8-11,27,29H,3-7,12-21,23-24H2,1-2H3;9-12H,4-8,13H2,1-3H3,(H,24,25). The largest absolute Gasteiger partial charge is 0.473 e. The van der Waals surface area contributed by atoms with Crippen LogP contribution in [0.15, 0.2) is 48.8 Å². The first-order valence-corrected chi connectivity index (χ1v) is 26.0. The Morgan fingerprint density at radius 2 is 1.64 bits per heavy atom. The van der Waals surface area contributed by atoms with Gasteiger partial charge in [0.2, 0.25) is 11.8 Å². The van der Waals surface area contributed by atoms with Crippen molar-refractivity contribution in [2.45, 2.75) is 124 Å². The number of rotatable bonds is 8. The number of anilines is 4. The third-order valence-electron chi connectivity index (χ3n) is 16.7. The van der Waals surface area contributed by atoms with Crippen LogP contribution in [0.2, 0.25) is 0 Å². The van der Waals surface area contributed by atoms with Gasteiger partial charge in [-0.25, -0.2) is 0 Å². The smallest absolute Gasteiger partial charge is 0.233 e. The van der Waals surface area contributed by atoms with Crippen molar-refractivity contribution in [1.29, 1.82) is 5.26 Å². The summed E-state index contributed by atoms with van der Waals surface area (Å²) in [6, 6.07) is 15.2. The Balaban J connectivity index is 0.000000169. The third kappa shape index (κ3) is 10.1. The highest BCUT2D eigenvalue weighted by molar-refractivity contribution is 5.77. The van der Waals surface area contributed by atoms with Gasteiger partial charge in [-0.3, -0.25) is 14.6 Å². The minimum Gasteiger partial charge on any atom is -0.473 e. The Labute approximate surface area is 409 Å². The number of carbonyl (C=O) groups is 1. The molecule has 11 rings (SSSR count). The summed E-state index contributed by atoms with van der Waals surface area (Å²) in [7, 11) is 1.95. The summed E-state index contributed by atoms with van der Waals surface area (Å²) in [5, 5.41) is 30.7. The Hall–Kier alpha value is -5.94. The topological polar surface area (TPSA) is 139 Å². The highest BCUT2D eigenvalue weighted by Crippen LogP contribution is 2.44. The number of benzene rings is 2. The molecule has 8 heterocycles. The van der Waals surface area contributed by atoms with Crippen LogP contribution in [0.3, 0.4) is 0 Å². The fraction of sp³-hybridized carbons (Fsp3) is 0.564. The fourth-order valence-corrected chi connectivity index (χ4v) is 12.3. The van der Waals surface area contributed by atoms with Gasteiger partial charge >= 0.3 is 0 Å². The number of aromatic amines is 1. The zero-order valence-corrected chi connectivity index (χ0v) is 41.8. The normalized spacial score (nSPS) is 19.8. The Kier molecular flexibility index (Phi) is 13.7. The van der Waals surface area contributed by atoms with Gasteiger partial charge in [0.15, 0.2) is 11.6 Å². The van der Waals surface area contributed by atoms with Gasteiger partial charge in [-0.05, 0) is 148 Å². The number of aromatic nitrogens is 6. The molecule has 5 aromatic rings. The number of aryl methyl sites for hydroxylation is 3. The predicted octanol–water partition coefficient (Wildman–Crippen LogP) is 8.99. The van der Waals surface area contributed by atoms with Crippen LogP contribution in [0.25, 0.3) is 11.1 Å². The van der Waals surface area contributed by atoms with Gasteiger partial charge < -0.3 is 29.2 Å². The van der Waals surface area contributed by atoms with Crippen LogP contribution in [-0.4, -0.2) is 111 Å². The molecule has 1 amide bonds. The van der Waals surface area contributed by atoms with Crippen molar-refractivity contribution >= 4 is 28.9 Å². The van der Waals surface area contributed by atoms with E-state index in [0.717, 1.165) is 130 Å². The number of fused-ring (bicyclic) bond motifs is 2. The van der Waals surface area contributed by atoms with Crippen LogP contribution >= 0.6 is 0 Å². The molecule has 3 saturated heterocycles. The van der Waals surface area contributed by atoms with Gasteiger partial charge in [0, 0.05) is 120 Å². The summed E-state index contributed by atoms with van der Waals surface area (Å²) in [5.74, 6) is 3.65. The second kappa shape index (κ2) is 20.2. The zero-order chi connectivity index (χ0) is 47.6. The van der Waals surface area contributed by atoms with E-state index in [1.54, 1.807) is 6.92 Å². The van der Waals surface area contributed by atoms with Gasteiger partial charge in [-0.2, -0.15) is 15.5 Å². The number of carbonyl (C=O) groups excluding carboxylic acids is 1. The van der Waals surface area contributed by atoms with Crippen LogP contribution in [0.5, 0.6) is 5.88 Å². The van der Waals surface area contributed by atoms with E-state index in [-0.39, 0.29) is 12.0 Å². The molecule has 69 heavy (non-hydrogen) atoms. The average Bonchev–Trinajstić information content (AvgIpc) is 4.12. The molecular weight excluding hydrogens is 861 g/mol. The first-order valence-electron chi connectivity index (χ1n) is 26.0. The summed E-state index contributed by atoms with van der Waals surface area (Å²) < 4.78 is 8.10. The first kappa shape index (κ1) is 46.8. The fourth-order valence-electron chi connectivity index (χ4n) is 12.3. The Morgan fingerprint density at radius 1 is 0.855 bits per heavy atom. The molecule has 1 aliphatic carbocycles. The molecule has 0 bridgehead atoms. The predicted molar refractivity (Wildman–Crippen MR) is 272 cm³/mol. The molecule has 364 valence electrons. The summed E-state index contributed by atoms with van der Waals surface area (Å²) in [6.45, 7) is 18.2. The molecule has 14 nitrogen and oxygen atoms in total. The number of hydrogen-bond donors (Lipinski definition) is 1. The van der Waals surface area contributed by atoms with Crippen LogP contribution in [0, 0.1) is 43.4 Å². The van der Waals surface area contributed by atoms with Crippen molar-refractivity contribution in [2.75, 3.05) is 73.6 Å². The number of amides is 1. The van der Waals surface area contributed by atoms with Crippen LogP contribution in [0.1, 0.15) is 117 Å². The number of nitrogens with zero attached hydrogens (tertiary/aromatic N) is 11. The molecule has 2 aromatic carbocycles. The summed E-state index contributed by atoms with van der Waals surface area (Å²) in [6.07, 6.45) is 20.1. The summed E-state index contributed by atoms with van der Waals surface area (Å²) in [5.41, 5.74) is 13.3. The minimum atomic E-state index is 0.124. The molecule has 5 aliphatic heterocycles. The minimum absolute atomic E-state index is 0.124. The number of piperidine rings is 2. The summed E-state index contributed by atoms with van der Waals surface area (Å²) in [4.78, 5) is 23.7. The highest BCUT2D eigenvalue weighted by Gasteiger charge is 2.41. The second-order valence-electron chi connectivity index (χ2n) is 21.2. The van der Waals surface area contributed by atoms with Gasteiger partial charge in [-0.15, -0.1) is 10.2 Å². The van der Waals surface area contributed by atoms with E-state index < -0.39 is 0 Å². The van der Waals surface area contributed by atoms with E-state index in [0.29, 0.717) is 17.8 Å². The SMILES string of the molecule is CC(=O)N1CCc2[nH]nc(N3CCCc4cc(-c5cnn(C)c5)c(C)cc43)c2C1.Cc1c(C#N)ccc(N2CCC3(CCN(c4ccc(OC5CCN(CC6CCCCC6)CC5)nn4)CC3)C2)c1C. The quantitative estimate of drug-likeness (QED) is 0.160. The molecule has 4 fully saturated rings. The molecule has 14 heteroatoms. The molecule has 1 N–H and O–H groups in total. The highest BCUT2D eigenvalue weighted by atomic mass is 16.5. The van der Waals surface area contributed by atoms with E-state index in [9.17, 15) is 10.1 Å². The van der Waals surface area contributed by atoms with E-state index in [2.05, 4.69) is 102 Å².